The van der Waals surface area contributed by atoms with E-state index in [0.717, 1.165) is 12.1 Å². The third-order valence-corrected chi connectivity index (χ3v) is 2.12. The quantitative estimate of drug-likeness (QED) is 0.613. The van der Waals surface area contributed by atoms with Gasteiger partial charge >= 0.3 is 0 Å². The van der Waals surface area contributed by atoms with Gasteiger partial charge in [-0.05, 0) is 12.5 Å². The van der Waals surface area contributed by atoms with Crippen LogP contribution in [0.1, 0.15) is 13.3 Å². The van der Waals surface area contributed by atoms with Crippen molar-refractivity contribution in [2.75, 3.05) is 33.4 Å². The molecular weight excluding hydrogens is 216 g/mol. The van der Waals surface area contributed by atoms with Gasteiger partial charge in [0.25, 0.3) is 0 Å². The monoisotopic (exact) mass is 234 g/mol. The number of hydrogen-bond acceptors (Lipinski definition) is 3. The zero-order valence-corrected chi connectivity index (χ0v) is 10.1. The van der Waals surface area contributed by atoms with Crippen LogP contribution in [0.4, 0.5) is 0 Å². The fourth-order valence-corrected chi connectivity index (χ4v) is 0.984. The summed E-state index contributed by atoms with van der Waals surface area (Å²) in [7, 11) is 1.61. The Morgan fingerprint density at radius 3 is 2.80 bits per heavy atom. The molecule has 0 aromatic heterocycles. The Labute approximate surface area is 96.0 Å². The summed E-state index contributed by atoms with van der Waals surface area (Å²) < 4.78 is 4.81. The van der Waals surface area contributed by atoms with Crippen molar-refractivity contribution in [3.05, 3.63) is 11.1 Å². The lowest BCUT2D eigenvalue weighted by Crippen LogP contribution is -2.30. The molecule has 0 radical (unpaired) electrons. The van der Waals surface area contributed by atoms with Gasteiger partial charge in [0.1, 0.15) is 0 Å². The molecule has 4 nitrogen and oxygen atoms in total. The lowest BCUT2D eigenvalue weighted by molar-refractivity contribution is -0.121. The SMILES string of the molecule is COCCNC(=O)CCNCC(C)=CCl. The maximum atomic E-state index is 11.2. The van der Waals surface area contributed by atoms with Gasteiger partial charge in [0.05, 0.1) is 6.61 Å². The molecule has 0 saturated carbocycles. The smallest absolute Gasteiger partial charge is 0.221 e. The topological polar surface area (TPSA) is 50.4 Å². The third-order valence-electron chi connectivity index (χ3n) is 1.75. The molecule has 0 rings (SSSR count). The summed E-state index contributed by atoms with van der Waals surface area (Å²) in [6, 6.07) is 0. The Hall–Kier alpha value is -0.580. The average molecular weight is 235 g/mol. The Kier molecular flexibility index (Phi) is 9.57. The number of rotatable bonds is 8. The summed E-state index contributed by atoms with van der Waals surface area (Å²) in [6.45, 7) is 4.41. The minimum absolute atomic E-state index is 0.0343. The minimum Gasteiger partial charge on any atom is -0.383 e. The lowest BCUT2D eigenvalue weighted by atomic mass is 10.3. The molecular formula is C10H19ClN2O2. The summed E-state index contributed by atoms with van der Waals surface area (Å²) in [4.78, 5) is 11.2. The molecule has 2 N–H and O–H groups in total. The molecule has 5 heteroatoms. The Morgan fingerprint density at radius 2 is 2.20 bits per heavy atom. The molecule has 0 aromatic carbocycles. The van der Waals surface area contributed by atoms with Crippen molar-refractivity contribution >= 4 is 17.5 Å². The Bertz CT molecular complexity index is 208. The largest absolute Gasteiger partial charge is 0.383 e. The van der Waals surface area contributed by atoms with E-state index in [0.29, 0.717) is 26.1 Å². The van der Waals surface area contributed by atoms with E-state index in [2.05, 4.69) is 10.6 Å². The molecule has 0 atom stereocenters. The highest BCUT2D eigenvalue weighted by Gasteiger charge is 1.99. The molecule has 0 bridgehead atoms. The van der Waals surface area contributed by atoms with Gasteiger partial charge in [0.2, 0.25) is 5.91 Å². The zero-order chi connectivity index (χ0) is 11.5. The zero-order valence-electron chi connectivity index (χ0n) is 9.31. The van der Waals surface area contributed by atoms with Gasteiger partial charge in [-0.25, -0.2) is 0 Å². The third kappa shape index (κ3) is 9.72. The van der Waals surface area contributed by atoms with Gasteiger partial charge in [0, 0.05) is 38.7 Å². The van der Waals surface area contributed by atoms with Crippen LogP contribution < -0.4 is 10.6 Å². The van der Waals surface area contributed by atoms with E-state index < -0.39 is 0 Å². The summed E-state index contributed by atoms with van der Waals surface area (Å²) in [5, 5.41) is 5.85. The first kappa shape index (κ1) is 14.4. The van der Waals surface area contributed by atoms with Gasteiger partial charge in [-0.15, -0.1) is 0 Å². The van der Waals surface area contributed by atoms with Gasteiger partial charge in [0.15, 0.2) is 0 Å². The van der Waals surface area contributed by atoms with Crippen LogP contribution in [0.2, 0.25) is 0 Å². The van der Waals surface area contributed by atoms with Gasteiger partial charge in [-0.3, -0.25) is 4.79 Å². The van der Waals surface area contributed by atoms with E-state index in [1.54, 1.807) is 7.11 Å². The second-order valence-corrected chi connectivity index (χ2v) is 3.44. The van der Waals surface area contributed by atoms with Crippen LogP contribution in [0, 0.1) is 0 Å². The summed E-state index contributed by atoms with van der Waals surface area (Å²) in [5.41, 5.74) is 2.59. The highest BCUT2D eigenvalue weighted by atomic mass is 35.5. The molecule has 0 aliphatic carbocycles. The van der Waals surface area contributed by atoms with Crippen LogP contribution in [0.25, 0.3) is 0 Å². The maximum Gasteiger partial charge on any atom is 0.221 e. The minimum atomic E-state index is 0.0343. The van der Waals surface area contributed by atoms with E-state index in [1.165, 1.54) is 5.54 Å². The Balaban J connectivity index is 3.31. The van der Waals surface area contributed by atoms with Crippen LogP contribution in [-0.4, -0.2) is 39.3 Å². The predicted octanol–water partition coefficient (Wildman–Crippen LogP) is 0.871. The number of hydrogen-bond donors (Lipinski definition) is 2. The average Bonchev–Trinajstić information content (AvgIpc) is 2.24. The first-order valence-electron chi connectivity index (χ1n) is 4.93. The number of carbonyl (C=O) groups excluding carboxylic acids is 1. The number of methoxy groups -OCH3 is 1. The fraction of sp³-hybridized carbons (Fsp3) is 0.700. The number of halogens is 1. The van der Waals surface area contributed by atoms with Crippen molar-refractivity contribution in [1.82, 2.24) is 10.6 Å². The predicted molar refractivity (Wildman–Crippen MR) is 62.0 cm³/mol. The van der Waals surface area contributed by atoms with Crippen molar-refractivity contribution in [3.8, 4) is 0 Å². The van der Waals surface area contributed by atoms with Crippen LogP contribution in [0.5, 0.6) is 0 Å². The molecule has 0 aliphatic rings. The summed E-state index contributed by atoms with van der Waals surface area (Å²) >= 11 is 5.48. The fourth-order valence-electron chi connectivity index (χ4n) is 0.907. The van der Waals surface area contributed by atoms with E-state index in [1.807, 2.05) is 6.92 Å². The van der Waals surface area contributed by atoms with Crippen molar-refractivity contribution in [1.29, 1.82) is 0 Å². The van der Waals surface area contributed by atoms with Crippen LogP contribution in [0.15, 0.2) is 11.1 Å². The number of carbonyl (C=O) groups is 1. The highest BCUT2D eigenvalue weighted by molar-refractivity contribution is 6.25. The van der Waals surface area contributed by atoms with Crippen molar-refractivity contribution < 1.29 is 9.53 Å². The maximum absolute atomic E-state index is 11.2. The van der Waals surface area contributed by atoms with Crippen LogP contribution in [-0.2, 0) is 9.53 Å². The summed E-state index contributed by atoms with van der Waals surface area (Å²) in [6.07, 6.45) is 0.472. The van der Waals surface area contributed by atoms with E-state index in [-0.39, 0.29) is 5.91 Å². The number of ether oxygens (including phenoxy) is 1. The Morgan fingerprint density at radius 1 is 1.47 bits per heavy atom. The molecule has 0 heterocycles. The van der Waals surface area contributed by atoms with E-state index in [4.69, 9.17) is 16.3 Å². The van der Waals surface area contributed by atoms with Crippen molar-refractivity contribution in [3.63, 3.8) is 0 Å². The normalized spacial score (nSPS) is 11.5. The van der Waals surface area contributed by atoms with Crippen LogP contribution in [0.3, 0.4) is 0 Å². The van der Waals surface area contributed by atoms with Crippen molar-refractivity contribution in [2.45, 2.75) is 13.3 Å². The molecule has 0 aromatic rings. The molecule has 0 fully saturated rings. The molecule has 0 unspecified atom stereocenters. The molecule has 1 amide bonds. The van der Waals surface area contributed by atoms with E-state index >= 15 is 0 Å². The number of amides is 1. The second kappa shape index (κ2) is 9.96. The van der Waals surface area contributed by atoms with Gasteiger partial charge in [-0.1, -0.05) is 11.6 Å². The first-order valence-corrected chi connectivity index (χ1v) is 5.36. The highest BCUT2D eigenvalue weighted by Crippen LogP contribution is 1.91. The number of nitrogens with one attached hydrogen (secondary N) is 2. The summed E-state index contributed by atoms with van der Waals surface area (Å²) in [5.74, 6) is 0.0343. The molecule has 0 spiro atoms. The van der Waals surface area contributed by atoms with Crippen molar-refractivity contribution in [2.24, 2.45) is 0 Å². The first-order chi connectivity index (χ1) is 7.20. The molecule has 0 aliphatic heterocycles. The molecule has 88 valence electrons. The molecule has 0 saturated heterocycles. The second-order valence-electron chi connectivity index (χ2n) is 3.22. The van der Waals surface area contributed by atoms with Gasteiger partial charge < -0.3 is 15.4 Å². The molecule has 15 heavy (non-hydrogen) atoms. The lowest BCUT2D eigenvalue weighted by Gasteiger charge is -2.05. The van der Waals surface area contributed by atoms with Crippen LogP contribution >= 0.6 is 11.6 Å². The standard InChI is InChI=1S/C10H19ClN2O2/c1-9(7-11)8-12-4-3-10(14)13-5-6-15-2/h7,12H,3-6,8H2,1-2H3,(H,13,14). The van der Waals surface area contributed by atoms with E-state index in [9.17, 15) is 4.79 Å². The van der Waals surface area contributed by atoms with Gasteiger partial charge in [-0.2, -0.15) is 0 Å².